The molecule has 0 aliphatic rings. The number of hydrogen-bond donors (Lipinski definition) is 2. The third kappa shape index (κ3) is 3.03. The maximum atomic E-state index is 12.0. The predicted molar refractivity (Wildman–Crippen MR) is 64.6 cm³/mol. The number of furan rings is 1. The van der Waals surface area contributed by atoms with Crippen LogP contribution in [0.3, 0.4) is 0 Å². The van der Waals surface area contributed by atoms with Gasteiger partial charge in [-0.1, -0.05) is 0 Å². The third-order valence-electron chi connectivity index (χ3n) is 2.45. The maximum absolute atomic E-state index is 12.0. The van der Waals surface area contributed by atoms with Gasteiger partial charge in [-0.15, -0.1) is 0 Å². The highest BCUT2D eigenvalue weighted by atomic mass is 32.2. The quantitative estimate of drug-likeness (QED) is 0.844. The number of hydrogen-bond acceptors (Lipinski definition) is 6. The summed E-state index contributed by atoms with van der Waals surface area (Å²) in [5.74, 6) is 1.31. The van der Waals surface area contributed by atoms with Crippen LogP contribution in [0, 0.1) is 13.8 Å². The lowest BCUT2D eigenvalue weighted by atomic mass is 10.4. The second-order valence-corrected chi connectivity index (χ2v) is 5.72. The van der Waals surface area contributed by atoms with Crippen LogP contribution in [0.5, 0.6) is 0 Å². The van der Waals surface area contributed by atoms with E-state index in [1.54, 1.807) is 6.92 Å². The van der Waals surface area contributed by atoms with Gasteiger partial charge in [-0.3, -0.25) is 0 Å². The first-order chi connectivity index (χ1) is 8.92. The van der Waals surface area contributed by atoms with E-state index in [1.807, 2.05) is 0 Å². The monoisotopic (exact) mass is 286 g/mol. The molecule has 2 N–H and O–H groups in total. The summed E-state index contributed by atoms with van der Waals surface area (Å²) in [6.07, 6.45) is 1.51. The zero-order chi connectivity index (χ0) is 14.0. The Morgan fingerprint density at radius 2 is 2.11 bits per heavy atom. The van der Waals surface area contributed by atoms with Gasteiger partial charge in [0, 0.05) is 6.07 Å². The number of aromatic nitrogens is 1. The van der Waals surface area contributed by atoms with Crippen LogP contribution >= 0.6 is 0 Å². The zero-order valence-corrected chi connectivity index (χ0v) is 11.3. The number of aliphatic hydroxyl groups excluding tert-OH is 1. The summed E-state index contributed by atoms with van der Waals surface area (Å²) in [6, 6.07) is 1.29. The van der Waals surface area contributed by atoms with Crippen molar-refractivity contribution in [1.82, 2.24) is 9.71 Å². The van der Waals surface area contributed by atoms with Crippen LogP contribution in [-0.2, 0) is 23.2 Å². The number of nitrogens with zero attached hydrogens (tertiary/aromatic N) is 1. The normalized spacial score (nSPS) is 11.9. The average molecular weight is 286 g/mol. The van der Waals surface area contributed by atoms with Crippen LogP contribution in [0.2, 0.25) is 0 Å². The Labute approximate surface area is 110 Å². The standard InChI is InChI=1S/C11H14N2O5S/c1-7-4-12-11(17-7)5-13-19(15,16)10-3-9(6-14)18-8(10)2/h3-4,13-14H,5-6H2,1-2H3. The lowest BCUT2D eigenvalue weighted by Gasteiger charge is -2.02. The van der Waals surface area contributed by atoms with Gasteiger partial charge in [0.2, 0.25) is 15.9 Å². The lowest BCUT2D eigenvalue weighted by Crippen LogP contribution is -2.23. The number of rotatable bonds is 5. The molecule has 2 aromatic rings. The van der Waals surface area contributed by atoms with Crippen molar-refractivity contribution in [3.63, 3.8) is 0 Å². The van der Waals surface area contributed by atoms with E-state index in [9.17, 15) is 8.42 Å². The number of nitrogens with one attached hydrogen (secondary N) is 1. The topological polar surface area (TPSA) is 106 Å². The van der Waals surface area contributed by atoms with E-state index >= 15 is 0 Å². The molecule has 0 atom stereocenters. The number of sulfonamides is 1. The first-order valence-electron chi connectivity index (χ1n) is 5.53. The van der Waals surface area contributed by atoms with Crippen LogP contribution in [-0.4, -0.2) is 18.5 Å². The van der Waals surface area contributed by atoms with Crippen molar-refractivity contribution in [2.45, 2.75) is 31.9 Å². The molecule has 2 aromatic heterocycles. The molecule has 7 nitrogen and oxygen atoms in total. The van der Waals surface area contributed by atoms with E-state index in [-0.39, 0.29) is 35.5 Å². The highest BCUT2D eigenvalue weighted by molar-refractivity contribution is 7.89. The molecule has 2 heterocycles. The maximum Gasteiger partial charge on any atom is 0.244 e. The van der Waals surface area contributed by atoms with Crippen molar-refractivity contribution in [2.24, 2.45) is 0 Å². The molecule has 0 aromatic carbocycles. The third-order valence-corrected chi connectivity index (χ3v) is 3.96. The molecule has 19 heavy (non-hydrogen) atoms. The van der Waals surface area contributed by atoms with Crippen molar-refractivity contribution in [2.75, 3.05) is 0 Å². The minimum absolute atomic E-state index is 0.000159. The largest absolute Gasteiger partial charge is 0.462 e. The van der Waals surface area contributed by atoms with E-state index in [2.05, 4.69) is 9.71 Å². The average Bonchev–Trinajstić information content (AvgIpc) is 2.93. The summed E-state index contributed by atoms with van der Waals surface area (Å²) in [7, 11) is -3.72. The van der Waals surface area contributed by atoms with E-state index in [1.165, 1.54) is 19.2 Å². The van der Waals surface area contributed by atoms with Gasteiger partial charge in [0.15, 0.2) is 0 Å². The SMILES string of the molecule is Cc1cnc(CNS(=O)(=O)c2cc(CO)oc2C)o1. The molecule has 2 rings (SSSR count). The van der Waals surface area contributed by atoms with Crippen LogP contribution < -0.4 is 4.72 Å². The lowest BCUT2D eigenvalue weighted by molar-refractivity contribution is 0.244. The summed E-state index contributed by atoms with van der Waals surface area (Å²) in [5.41, 5.74) is 0. The molecular weight excluding hydrogens is 272 g/mol. The highest BCUT2D eigenvalue weighted by Gasteiger charge is 2.21. The van der Waals surface area contributed by atoms with Crippen LogP contribution in [0.25, 0.3) is 0 Å². The minimum Gasteiger partial charge on any atom is -0.462 e. The van der Waals surface area contributed by atoms with Gasteiger partial charge < -0.3 is 13.9 Å². The van der Waals surface area contributed by atoms with Gasteiger partial charge in [0.05, 0.1) is 12.7 Å². The van der Waals surface area contributed by atoms with Crippen molar-refractivity contribution in [3.8, 4) is 0 Å². The molecule has 0 amide bonds. The molecule has 0 aliphatic carbocycles. The Morgan fingerprint density at radius 1 is 1.37 bits per heavy atom. The van der Waals surface area contributed by atoms with Crippen molar-refractivity contribution in [1.29, 1.82) is 0 Å². The molecule has 0 radical (unpaired) electrons. The molecule has 0 spiro atoms. The van der Waals surface area contributed by atoms with Crippen molar-refractivity contribution < 1.29 is 22.4 Å². The predicted octanol–water partition coefficient (Wildman–Crippen LogP) is 0.855. The Bertz CT molecular complexity index is 671. The van der Waals surface area contributed by atoms with Crippen LogP contribution in [0.1, 0.15) is 23.2 Å². The fraction of sp³-hybridized carbons (Fsp3) is 0.364. The Morgan fingerprint density at radius 3 is 2.63 bits per heavy atom. The van der Waals surface area contributed by atoms with E-state index in [0.717, 1.165) is 0 Å². The van der Waals surface area contributed by atoms with Gasteiger partial charge in [0.1, 0.15) is 28.8 Å². The van der Waals surface area contributed by atoms with Gasteiger partial charge in [-0.05, 0) is 13.8 Å². The minimum atomic E-state index is -3.72. The fourth-order valence-corrected chi connectivity index (χ4v) is 2.76. The van der Waals surface area contributed by atoms with Crippen LogP contribution in [0.4, 0.5) is 0 Å². The second kappa shape index (κ2) is 5.16. The van der Waals surface area contributed by atoms with Crippen molar-refractivity contribution >= 4 is 10.0 Å². The van der Waals surface area contributed by atoms with E-state index in [0.29, 0.717) is 5.76 Å². The molecule has 0 saturated carbocycles. The number of aliphatic hydroxyl groups is 1. The molecule has 0 bridgehead atoms. The molecule has 8 heteroatoms. The van der Waals surface area contributed by atoms with Gasteiger partial charge in [-0.2, -0.15) is 0 Å². The van der Waals surface area contributed by atoms with E-state index < -0.39 is 10.0 Å². The molecule has 104 valence electrons. The highest BCUT2D eigenvalue weighted by Crippen LogP contribution is 2.20. The number of oxazole rings is 1. The molecular formula is C11H14N2O5S. The molecule has 0 aliphatic heterocycles. The fourth-order valence-electron chi connectivity index (χ4n) is 1.59. The summed E-state index contributed by atoms with van der Waals surface area (Å²) < 4.78 is 36.7. The first kappa shape index (κ1) is 13.8. The first-order valence-corrected chi connectivity index (χ1v) is 7.02. The summed E-state index contributed by atoms with van der Waals surface area (Å²) >= 11 is 0. The Balaban J connectivity index is 2.15. The number of aryl methyl sites for hydroxylation is 2. The smallest absolute Gasteiger partial charge is 0.244 e. The Kier molecular flexibility index (Phi) is 3.74. The molecule has 0 unspecified atom stereocenters. The summed E-state index contributed by atoms with van der Waals surface area (Å²) in [5, 5.41) is 8.92. The molecule has 0 fully saturated rings. The zero-order valence-electron chi connectivity index (χ0n) is 10.5. The Hall–Kier alpha value is -1.64. The molecule has 0 saturated heterocycles. The van der Waals surface area contributed by atoms with Gasteiger partial charge in [0.25, 0.3) is 0 Å². The van der Waals surface area contributed by atoms with E-state index in [4.69, 9.17) is 13.9 Å². The second-order valence-electron chi connectivity index (χ2n) is 3.98. The summed E-state index contributed by atoms with van der Waals surface area (Å²) in [6.45, 7) is 2.84. The van der Waals surface area contributed by atoms with Gasteiger partial charge >= 0.3 is 0 Å². The summed E-state index contributed by atoms with van der Waals surface area (Å²) in [4.78, 5) is 3.90. The van der Waals surface area contributed by atoms with Crippen molar-refractivity contribution in [3.05, 3.63) is 35.4 Å². The van der Waals surface area contributed by atoms with Crippen LogP contribution in [0.15, 0.2) is 26.0 Å². The van der Waals surface area contributed by atoms with Gasteiger partial charge in [-0.25, -0.2) is 18.1 Å².